The van der Waals surface area contributed by atoms with Gasteiger partial charge < -0.3 is 14.9 Å². The van der Waals surface area contributed by atoms with Crippen molar-refractivity contribution < 1.29 is 14.9 Å². The Morgan fingerprint density at radius 2 is 1.88 bits per heavy atom. The molecule has 3 saturated carbocycles. The number of aliphatic hydroxyl groups is 2. The molecule has 4 aliphatic carbocycles. The zero-order valence-corrected chi connectivity index (χ0v) is 20.6. The Hall–Kier alpha value is -1.16. The Morgan fingerprint density at radius 1 is 1.12 bits per heavy atom. The molecule has 0 aromatic carbocycles. The third-order valence-corrected chi connectivity index (χ3v) is 9.13. The molecule has 0 bridgehead atoms. The molecule has 0 amide bonds. The Morgan fingerprint density at radius 3 is 2.59 bits per heavy atom. The van der Waals surface area contributed by atoms with Gasteiger partial charge in [0.25, 0.3) is 0 Å². The standard InChI is InChI=1S/C29H44O3/c1-5-24-13-14-25-22(10-9-17-28(24,25)4)11-12-23-18-29(31,19-26(30)21(23)2)32-20-27(3)15-7-6-8-16-27/h11-13,25-26,30-31H,2,5-10,14-20H2,1,3-4H3/t25-,26-,28+,29-/m0/s1. The summed E-state index contributed by atoms with van der Waals surface area (Å²) in [7, 11) is 0. The molecule has 178 valence electrons. The number of hydrogen-bond donors (Lipinski definition) is 2. The highest BCUT2D eigenvalue weighted by Crippen LogP contribution is 2.55. The summed E-state index contributed by atoms with van der Waals surface area (Å²) >= 11 is 0. The molecule has 3 fully saturated rings. The molecule has 4 atom stereocenters. The van der Waals surface area contributed by atoms with Crippen molar-refractivity contribution >= 4 is 0 Å². The quantitative estimate of drug-likeness (QED) is 0.366. The van der Waals surface area contributed by atoms with Gasteiger partial charge in [0.1, 0.15) is 0 Å². The first kappa shape index (κ1) is 24.0. The number of allylic oxidation sites excluding steroid dienone is 5. The van der Waals surface area contributed by atoms with Crippen LogP contribution in [0, 0.1) is 16.7 Å². The molecule has 0 heterocycles. The molecule has 0 spiro atoms. The maximum absolute atomic E-state index is 11.3. The van der Waals surface area contributed by atoms with Gasteiger partial charge in [-0.05, 0) is 72.8 Å². The summed E-state index contributed by atoms with van der Waals surface area (Å²) in [4.78, 5) is 0. The number of ether oxygens (including phenoxy) is 1. The minimum atomic E-state index is -1.31. The first-order valence-corrected chi connectivity index (χ1v) is 13.0. The molecule has 32 heavy (non-hydrogen) atoms. The molecule has 0 unspecified atom stereocenters. The topological polar surface area (TPSA) is 49.7 Å². The number of fused-ring (bicyclic) bond motifs is 1. The lowest BCUT2D eigenvalue weighted by atomic mass is 9.64. The first-order valence-electron chi connectivity index (χ1n) is 13.0. The molecule has 2 N–H and O–H groups in total. The van der Waals surface area contributed by atoms with E-state index in [9.17, 15) is 10.2 Å². The highest BCUT2D eigenvalue weighted by molar-refractivity contribution is 5.40. The van der Waals surface area contributed by atoms with Crippen LogP contribution in [0.5, 0.6) is 0 Å². The molecule has 4 rings (SSSR count). The van der Waals surface area contributed by atoms with E-state index in [-0.39, 0.29) is 11.8 Å². The molecule has 0 saturated heterocycles. The van der Waals surface area contributed by atoms with Gasteiger partial charge in [-0.2, -0.15) is 0 Å². The van der Waals surface area contributed by atoms with Crippen molar-refractivity contribution in [1.82, 2.24) is 0 Å². The second-order valence-corrected chi connectivity index (χ2v) is 11.6. The van der Waals surface area contributed by atoms with Crippen LogP contribution < -0.4 is 0 Å². The molecule has 3 nitrogen and oxygen atoms in total. The maximum Gasteiger partial charge on any atom is 0.172 e. The fourth-order valence-electron chi connectivity index (χ4n) is 6.92. The fourth-order valence-corrected chi connectivity index (χ4v) is 6.92. The van der Waals surface area contributed by atoms with Crippen molar-refractivity contribution in [2.45, 2.75) is 110 Å². The van der Waals surface area contributed by atoms with Gasteiger partial charge in [-0.15, -0.1) is 0 Å². The van der Waals surface area contributed by atoms with Crippen molar-refractivity contribution in [3.05, 3.63) is 47.1 Å². The zero-order valence-electron chi connectivity index (χ0n) is 20.6. The van der Waals surface area contributed by atoms with E-state index in [2.05, 4.69) is 45.6 Å². The second-order valence-electron chi connectivity index (χ2n) is 11.6. The van der Waals surface area contributed by atoms with Crippen molar-refractivity contribution in [2.24, 2.45) is 16.7 Å². The Labute approximate surface area is 195 Å². The molecular formula is C29H44O3. The SMILES string of the molecule is C=C1C(=CC=C2CCC[C@]3(C)C(CC)=CC[C@@H]23)C[C@](O)(OCC2(C)CCCCC2)C[C@@H]1O. The van der Waals surface area contributed by atoms with Crippen LogP contribution >= 0.6 is 0 Å². The van der Waals surface area contributed by atoms with E-state index in [4.69, 9.17) is 4.74 Å². The molecular weight excluding hydrogens is 396 g/mol. The molecule has 3 heteroatoms. The van der Waals surface area contributed by atoms with Gasteiger partial charge in [0.15, 0.2) is 5.79 Å². The van der Waals surface area contributed by atoms with Crippen LogP contribution in [-0.4, -0.2) is 28.7 Å². The van der Waals surface area contributed by atoms with Crippen LogP contribution in [0.15, 0.2) is 47.1 Å². The summed E-state index contributed by atoms with van der Waals surface area (Å²) < 4.78 is 6.15. The van der Waals surface area contributed by atoms with Crippen molar-refractivity contribution in [2.75, 3.05) is 6.61 Å². The molecule has 4 aliphatic rings. The zero-order chi connectivity index (χ0) is 23.0. The van der Waals surface area contributed by atoms with E-state index in [0.29, 0.717) is 24.4 Å². The number of aliphatic hydroxyl groups excluding tert-OH is 1. The van der Waals surface area contributed by atoms with E-state index in [1.165, 1.54) is 37.7 Å². The van der Waals surface area contributed by atoms with Gasteiger partial charge in [0, 0.05) is 12.8 Å². The molecule has 0 aromatic heterocycles. The molecule has 0 aromatic rings. The monoisotopic (exact) mass is 440 g/mol. The van der Waals surface area contributed by atoms with Crippen LogP contribution in [0.25, 0.3) is 0 Å². The summed E-state index contributed by atoms with van der Waals surface area (Å²) in [6.45, 7) is 11.7. The molecule has 0 radical (unpaired) electrons. The summed E-state index contributed by atoms with van der Waals surface area (Å²) in [6.07, 6.45) is 18.8. The molecule has 0 aliphatic heterocycles. The van der Waals surface area contributed by atoms with Crippen molar-refractivity contribution in [1.29, 1.82) is 0 Å². The third-order valence-electron chi connectivity index (χ3n) is 9.13. The summed E-state index contributed by atoms with van der Waals surface area (Å²) in [6, 6.07) is 0. The highest BCUT2D eigenvalue weighted by atomic mass is 16.6. The van der Waals surface area contributed by atoms with Crippen LogP contribution in [0.2, 0.25) is 0 Å². The number of hydrogen-bond acceptors (Lipinski definition) is 3. The first-order chi connectivity index (χ1) is 15.2. The largest absolute Gasteiger partial charge is 0.388 e. The van der Waals surface area contributed by atoms with E-state index in [1.807, 2.05) is 0 Å². The average molecular weight is 441 g/mol. The summed E-state index contributed by atoms with van der Waals surface area (Å²) in [5.41, 5.74) is 5.24. The lowest BCUT2D eigenvalue weighted by Crippen LogP contribution is -2.44. The van der Waals surface area contributed by atoms with Crippen LogP contribution in [-0.2, 0) is 4.74 Å². The lowest BCUT2D eigenvalue weighted by molar-refractivity contribution is -0.235. The van der Waals surface area contributed by atoms with Gasteiger partial charge in [-0.25, -0.2) is 0 Å². The smallest absolute Gasteiger partial charge is 0.172 e. The predicted molar refractivity (Wildman–Crippen MR) is 131 cm³/mol. The predicted octanol–water partition coefficient (Wildman–Crippen LogP) is 6.77. The van der Waals surface area contributed by atoms with Crippen LogP contribution in [0.3, 0.4) is 0 Å². The van der Waals surface area contributed by atoms with Crippen molar-refractivity contribution in [3.63, 3.8) is 0 Å². The Kier molecular flexibility index (Phi) is 6.92. The van der Waals surface area contributed by atoms with Gasteiger partial charge in [0.2, 0.25) is 0 Å². The third kappa shape index (κ3) is 4.72. The van der Waals surface area contributed by atoms with E-state index in [0.717, 1.165) is 43.3 Å². The van der Waals surface area contributed by atoms with Gasteiger partial charge >= 0.3 is 0 Å². The fraction of sp³-hybridized carbons (Fsp3) is 0.724. The minimum absolute atomic E-state index is 0.137. The van der Waals surface area contributed by atoms with Gasteiger partial charge in [0.05, 0.1) is 12.7 Å². The van der Waals surface area contributed by atoms with Crippen molar-refractivity contribution in [3.8, 4) is 0 Å². The Bertz CT molecular complexity index is 812. The minimum Gasteiger partial charge on any atom is -0.388 e. The Balaban J connectivity index is 1.49. The highest BCUT2D eigenvalue weighted by Gasteiger charge is 2.44. The normalized spacial score (nSPS) is 39.9. The second kappa shape index (κ2) is 9.24. The maximum atomic E-state index is 11.3. The van der Waals surface area contributed by atoms with E-state index >= 15 is 0 Å². The van der Waals surface area contributed by atoms with E-state index in [1.54, 1.807) is 5.57 Å². The van der Waals surface area contributed by atoms with Gasteiger partial charge in [-0.1, -0.05) is 76.0 Å². The van der Waals surface area contributed by atoms with Crippen LogP contribution in [0.4, 0.5) is 0 Å². The van der Waals surface area contributed by atoms with E-state index < -0.39 is 11.9 Å². The lowest BCUT2D eigenvalue weighted by Gasteiger charge is -2.41. The number of rotatable bonds is 5. The van der Waals surface area contributed by atoms with Gasteiger partial charge in [-0.3, -0.25) is 0 Å². The average Bonchev–Trinajstić information content (AvgIpc) is 3.11. The summed E-state index contributed by atoms with van der Waals surface area (Å²) in [5.74, 6) is -0.720. The summed E-state index contributed by atoms with van der Waals surface area (Å²) in [5, 5.41) is 21.9. The van der Waals surface area contributed by atoms with Crippen LogP contribution in [0.1, 0.15) is 97.8 Å².